The van der Waals surface area contributed by atoms with Crippen molar-refractivity contribution in [1.29, 1.82) is 0 Å². The molecule has 0 aliphatic heterocycles. The van der Waals surface area contributed by atoms with Crippen LogP contribution in [0.25, 0.3) is 0 Å². The third-order valence-corrected chi connectivity index (χ3v) is 2.34. The number of halogens is 1. The van der Waals surface area contributed by atoms with E-state index in [4.69, 9.17) is 27.2 Å². The van der Waals surface area contributed by atoms with Crippen LogP contribution in [0.5, 0.6) is 5.75 Å². The van der Waals surface area contributed by atoms with E-state index in [0.29, 0.717) is 16.3 Å². The predicted molar refractivity (Wildman–Crippen MR) is 57.4 cm³/mol. The van der Waals surface area contributed by atoms with Crippen molar-refractivity contribution >= 4 is 17.6 Å². The van der Waals surface area contributed by atoms with Gasteiger partial charge in [-0.25, -0.2) is 0 Å². The molecule has 82 valence electrons. The van der Waals surface area contributed by atoms with E-state index < -0.39 is 11.9 Å². The molecule has 1 rings (SSSR count). The van der Waals surface area contributed by atoms with Crippen molar-refractivity contribution in [3.63, 3.8) is 0 Å². The molecule has 1 aromatic carbocycles. The van der Waals surface area contributed by atoms with Gasteiger partial charge in [-0.3, -0.25) is 4.79 Å². The fourth-order valence-corrected chi connectivity index (χ4v) is 1.52. The van der Waals surface area contributed by atoms with Gasteiger partial charge in [-0.2, -0.15) is 0 Å². The van der Waals surface area contributed by atoms with E-state index in [1.165, 1.54) is 7.11 Å². The number of hydrogen-bond donors (Lipinski definition) is 2. The largest absolute Gasteiger partial charge is 0.496 e. The molecule has 0 bridgehead atoms. The summed E-state index contributed by atoms with van der Waals surface area (Å²) in [4.78, 5) is 10.9. The summed E-state index contributed by atoms with van der Waals surface area (Å²) in [5, 5.41) is 9.42. The molecule has 1 unspecified atom stereocenters. The third-order valence-electron chi connectivity index (χ3n) is 2.10. The van der Waals surface area contributed by atoms with E-state index in [0.717, 1.165) is 0 Å². The molecule has 0 aliphatic carbocycles. The second kappa shape index (κ2) is 5.00. The van der Waals surface area contributed by atoms with Crippen LogP contribution >= 0.6 is 11.6 Å². The average Bonchev–Trinajstić information content (AvgIpc) is 2.18. The van der Waals surface area contributed by atoms with Crippen LogP contribution in [0.1, 0.15) is 11.5 Å². The molecule has 0 aromatic heterocycles. The van der Waals surface area contributed by atoms with E-state index in [2.05, 4.69) is 0 Å². The molecule has 0 amide bonds. The Bertz CT molecular complexity index is 368. The number of carboxylic acids is 1. The van der Waals surface area contributed by atoms with Gasteiger partial charge in [0.05, 0.1) is 13.0 Å². The number of carbonyl (C=O) groups is 1. The van der Waals surface area contributed by atoms with Crippen molar-refractivity contribution in [2.75, 3.05) is 13.7 Å². The zero-order valence-electron chi connectivity index (χ0n) is 8.24. The maximum absolute atomic E-state index is 10.9. The number of rotatable bonds is 4. The molecule has 5 heteroatoms. The van der Waals surface area contributed by atoms with E-state index in [1.54, 1.807) is 18.2 Å². The average molecular weight is 230 g/mol. The van der Waals surface area contributed by atoms with Crippen LogP contribution in [-0.4, -0.2) is 24.7 Å². The first-order valence-corrected chi connectivity index (χ1v) is 4.74. The van der Waals surface area contributed by atoms with Crippen molar-refractivity contribution in [2.24, 2.45) is 5.73 Å². The van der Waals surface area contributed by atoms with Crippen LogP contribution in [-0.2, 0) is 4.79 Å². The lowest BCUT2D eigenvalue weighted by Gasteiger charge is -2.14. The Morgan fingerprint density at radius 1 is 1.67 bits per heavy atom. The number of methoxy groups -OCH3 is 1. The summed E-state index contributed by atoms with van der Waals surface area (Å²) in [6.45, 7) is 0.00599. The Morgan fingerprint density at radius 3 is 2.80 bits per heavy atom. The highest BCUT2D eigenvalue weighted by Gasteiger charge is 2.21. The highest BCUT2D eigenvalue weighted by atomic mass is 35.5. The van der Waals surface area contributed by atoms with Gasteiger partial charge in [0.15, 0.2) is 0 Å². The van der Waals surface area contributed by atoms with Gasteiger partial charge < -0.3 is 15.6 Å². The quantitative estimate of drug-likeness (QED) is 0.820. The van der Waals surface area contributed by atoms with E-state index in [1.807, 2.05) is 0 Å². The van der Waals surface area contributed by atoms with E-state index >= 15 is 0 Å². The summed E-state index contributed by atoms with van der Waals surface area (Å²) in [5.41, 5.74) is 5.90. The molecular formula is C10H12ClNO3. The van der Waals surface area contributed by atoms with Crippen molar-refractivity contribution in [2.45, 2.75) is 5.92 Å². The zero-order chi connectivity index (χ0) is 11.4. The number of nitrogens with two attached hydrogens (primary N) is 1. The number of ether oxygens (including phenoxy) is 1. The normalized spacial score (nSPS) is 12.2. The molecule has 1 atom stereocenters. The molecule has 15 heavy (non-hydrogen) atoms. The van der Waals surface area contributed by atoms with Crippen molar-refractivity contribution < 1.29 is 14.6 Å². The van der Waals surface area contributed by atoms with Gasteiger partial charge in [0.1, 0.15) is 5.75 Å². The summed E-state index contributed by atoms with van der Waals surface area (Å²) in [7, 11) is 1.47. The lowest BCUT2D eigenvalue weighted by molar-refractivity contribution is -0.138. The first-order valence-electron chi connectivity index (χ1n) is 4.36. The Morgan fingerprint density at radius 2 is 2.33 bits per heavy atom. The maximum Gasteiger partial charge on any atom is 0.312 e. The van der Waals surface area contributed by atoms with Gasteiger partial charge in [0.2, 0.25) is 0 Å². The summed E-state index contributed by atoms with van der Waals surface area (Å²) < 4.78 is 5.06. The van der Waals surface area contributed by atoms with E-state index in [9.17, 15) is 4.79 Å². The minimum absolute atomic E-state index is 0.00599. The highest BCUT2D eigenvalue weighted by Crippen LogP contribution is 2.29. The molecule has 4 nitrogen and oxygen atoms in total. The number of hydrogen-bond acceptors (Lipinski definition) is 3. The molecule has 0 heterocycles. The van der Waals surface area contributed by atoms with Gasteiger partial charge >= 0.3 is 5.97 Å². The van der Waals surface area contributed by atoms with Crippen LogP contribution in [0.2, 0.25) is 5.02 Å². The SMILES string of the molecule is COc1ccc(Cl)cc1C(CN)C(=O)O. The minimum Gasteiger partial charge on any atom is -0.496 e. The second-order valence-electron chi connectivity index (χ2n) is 3.01. The third kappa shape index (κ3) is 2.61. The van der Waals surface area contributed by atoms with Crippen LogP contribution in [0.3, 0.4) is 0 Å². The standard InChI is InChI=1S/C10H12ClNO3/c1-15-9-3-2-6(11)4-7(9)8(5-12)10(13)14/h2-4,8H,5,12H2,1H3,(H,13,14). The van der Waals surface area contributed by atoms with Gasteiger partial charge in [0.25, 0.3) is 0 Å². The summed E-state index contributed by atoms with van der Waals surface area (Å²) >= 11 is 5.79. The Balaban J connectivity index is 3.19. The number of aliphatic carboxylic acids is 1. The van der Waals surface area contributed by atoms with Crippen LogP contribution < -0.4 is 10.5 Å². The molecule has 3 N–H and O–H groups in total. The van der Waals surface area contributed by atoms with Crippen molar-refractivity contribution in [3.8, 4) is 5.75 Å². The highest BCUT2D eigenvalue weighted by molar-refractivity contribution is 6.30. The molecule has 0 saturated carbocycles. The molecule has 0 fully saturated rings. The topological polar surface area (TPSA) is 72.5 Å². The number of carboxylic acid groups (broad SMARTS) is 1. The summed E-state index contributed by atoms with van der Waals surface area (Å²) in [6, 6.07) is 4.83. The van der Waals surface area contributed by atoms with Crippen LogP contribution in [0.15, 0.2) is 18.2 Å². The molecule has 0 saturated heterocycles. The van der Waals surface area contributed by atoms with Gasteiger partial charge in [-0.1, -0.05) is 11.6 Å². The second-order valence-corrected chi connectivity index (χ2v) is 3.45. The first-order chi connectivity index (χ1) is 7.10. The zero-order valence-corrected chi connectivity index (χ0v) is 8.99. The summed E-state index contributed by atoms with van der Waals surface area (Å²) in [5.74, 6) is -1.30. The first kappa shape index (κ1) is 11.8. The maximum atomic E-state index is 10.9. The molecule has 0 spiro atoms. The van der Waals surface area contributed by atoms with Crippen molar-refractivity contribution in [1.82, 2.24) is 0 Å². The minimum atomic E-state index is -0.988. The Kier molecular flexibility index (Phi) is 3.94. The molecular weight excluding hydrogens is 218 g/mol. The van der Waals surface area contributed by atoms with Crippen molar-refractivity contribution in [3.05, 3.63) is 28.8 Å². The fourth-order valence-electron chi connectivity index (χ4n) is 1.34. The van der Waals surface area contributed by atoms with Crippen LogP contribution in [0, 0.1) is 0 Å². The van der Waals surface area contributed by atoms with Gasteiger partial charge in [-0.15, -0.1) is 0 Å². The lowest BCUT2D eigenvalue weighted by atomic mass is 9.98. The van der Waals surface area contributed by atoms with Gasteiger partial charge in [-0.05, 0) is 18.2 Å². The molecule has 0 radical (unpaired) electrons. The molecule has 1 aromatic rings. The van der Waals surface area contributed by atoms with Crippen LogP contribution in [0.4, 0.5) is 0 Å². The Hall–Kier alpha value is -1.26. The fraction of sp³-hybridized carbons (Fsp3) is 0.300. The van der Waals surface area contributed by atoms with E-state index in [-0.39, 0.29) is 6.54 Å². The monoisotopic (exact) mass is 229 g/mol. The summed E-state index contributed by atoms with van der Waals surface area (Å²) in [6.07, 6.45) is 0. The number of benzene rings is 1. The smallest absolute Gasteiger partial charge is 0.312 e. The van der Waals surface area contributed by atoms with Gasteiger partial charge in [0, 0.05) is 17.1 Å². The molecule has 0 aliphatic rings. The predicted octanol–water partition coefficient (Wildman–Crippen LogP) is 1.48. The lowest BCUT2D eigenvalue weighted by Crippen LogP contribution is -2.21. The Labute approximate surface area is 92.6 Å².